The maximum absolute atomic E-state index is 12.6. The lowest BCUT2D eigenvalue weighted by atomic mass is 10.2. The fraction of sp³-hybridized carbons (Fsp3) is 0.421. The molecule has 1 fully saturated rings. The first-order chi connectivity index (χ1) is 12.5. The number of aryl methyl sites for hydroxylation is 2. The molecule has 0 radical (unpaired) electrons. The number of benzene rings is 1. The third-order valence-corrected chi connectivity index (χ3v) is 6.22. The van der Waals surface area contributed by atoms with Crippen molar-refractivity contribution < 1.29 is 4.79 Å². The molecule has 1 aliphatic heterocycles. The van der Waals surface area contributed by atoms with Crippen LogP contribution in [-0.2, 0) is 11.8 Å². The third kappa shape index (κ3) is 3.12. The number of nitrogens with zero attached hydrogens (tertiary/aromatic N) is 4. The van der Waals surface area contributed by atoms with Crippen LogP contribution in [0.3, 0.4) is 0 Å². The van der Waals surface area contributed by atoms with Crippen molar-refractivity contribution in [2.24, 2.45) is 7.05 Å². The molecule has 1 saturated heterocycles. The second kappa shape index (κ2) is 6.81. The van der Waals surface area contributed by atoms with Gasteiger partial charge in [-0.2, -0.15) is 5.10 Å². The molecule has 0 aliphatic carbocycles. The van der Waals surface area contributed by atoms with Crippen LogP contribution in [0.2, 0.25) is 0 Å². The first-order valence-corrected chi connectivity index (χ1v) is 9.74. The van der Waals surface area contributed by atoms with Crippen LogP contribution in [0.1, 0.15) is 35.3 Å². The minimum Gasteiger partial charge on any atom is -0.322 e. The molecule has 3 heterocycles. The molecule has 2 aromatic heterocycles. The van der Waals surface area contributed by atoms with Crippen LogP contribution in [0.25, 0.3) is 10.2 Å². The van der Waals surface area contributed by atoms with Gasteiger partial charge in [0.2, 0.25) is 5.91 Å². The summed E-state index contributed by atoms with van der Waals surface area (Å²) < 4.78 is 3.01. The Kier molecular flexibility index (Phi) is 4.50. The summed E-state index contributed by atoms with van der Waals surface area (Å²) in [4.78, 5) is 19.7. The molecule has 1 atom stereocenters. The van der Waals surface area contributed by atoms with E-state index in [1.807, 2.05) is 33.0 Å². The van der Waals surface area contributed by atoms with Crippen molar-refractivity contribution in [3.63, 3.8) is 0 Å². The van der Waals surface area contributed by atoms with Crippen LogP contribution in [0.5, 0.6) is 0 Å². The van der Waals surface area contributed by atoms with Crippen LogP contribution in [0, 0.1) is 13.8 Å². The zero-order chi connectivity index (χ0) is 18.3. The van der Waals surface area contributed by atoms with E-state index in [-0.39, 0.29) is 11.9 Å². The van der Waals surface area contributed by atoms with Crippen molar-refractivity contribution in [2.75, 3.05) is 18.4 Å². The Hall–Kier alpha value is -2.25. The van der Waals surface area contributed by atoms with Crippen LogP contribution in [0.4, 0.5) is 5.69 Å². The maximum atomic E-state index is 12.6. The van der Waals surface area contributed by atoms with Gasteiger partial charge in [0.15, 0.2) is 0 Å². The highest BCUT2D eigenvalue weighted by atomic mass is 32.1. The first kappa shape index (κ1) is 17.2. The van der Waals surface area contributed by atoms with Gasteiger partial charge >= 0.3 is 0 Å². The molecule has 1 unspecified atom stereocenters. The number of fused-ring (bicyclic) bond motifs is 1. The average molecular weight is 369 g/mol. The first-order valence-electron chi connectivity index (χ1n) is 8.92. The number of aromatic nitrogens is 3. The lowest BCUT2D eigenvalue weighted by Gasteiger charge is -2.22. The van der Waals surface area contributed by atoms with E-state index in [1.165, 1.54) is 4.70 Å². The number of hydrogen-bond acceptors (Lipinski definition) is 5. The van der Waals surface area contributed by atoms with Crippen molar-refractivity contribution >= 4 is 33.1 Å². The van der Waals surface area contributed by atoms with Gasteiger partial charge in [-0.25, -0.2) is 4.98 Å². The molecule has 7 heteroatoms. The largest absolute Gasteiger partial charge is 0.322 e. The molecule has 1 amide bonds. The lowest BCUT2D eigenvalue weighted by molar-refractivity contribution is -0.117. The molecule has 0 spiro atoms. The van der Waals surface area contributed by atoms with Gasteiger partial charge in [0.05, 0.1) is 39.9 Å². The van der Waals surface area contributed by atoms with E-state index >= 15 is 0 Å². The summed E-state index contributed by atoms with van der Waals surface area (Å²) in [5.74, 6) is 0.0113. The van der Waals surface area contributed by atoms with E-state index in [4.69, 9.17) is 4.98 Å². The summed E-state index contributed by atoms with van der Waals surface area (Å²) in [7, 11) is 1.89. The summed E-state index contributed by atoms with van der Waals surface area (Å²) in [6.07, 6.45) is 2.15. The van der Waals surface area contributed by atoms with E-state index in [2.05, 4.69) is 27.4 Å². The number of carbonyl (C=O) groups is 1. The number of likely N-dealkylation sites (tertiary alicyclic amines) is 1. The fourth-order valence-electron chi connectivity index (χ4n) is 3.65. The minimum atomic E-state index is 0.0113. The average Bonchev–Trinajstić information content (AvgIpc) is 3.29. The number of amides is 1. The van der Waals surface area contributed by atoms with Gasteiger partial charge in [0.1, 0.15) is 5.01 Å². The standard InChI is InChI=1S/C19H23N5OS/c1-12-18(13(2)23(3)22-12)21-17(25)11-24-10-6-8-15(24)19-20-14-7-4-5-9-16(14)26-19/h4-5,7,9,15H,6,8,10-11H2,1-3H3,(H,21,25). The smallest absolute Gasteiger partial charge is 0.238 e. The number of hydrogen-bond donors (Lipinski definition) is 1. The Labute approximate surface area is 156 Å². The second-order valence-electron chi connectivity index (χ2n) is 6.87. The Morgan fingerprint density at radius 2 is 2.15 bits per heavy atom. The number of anilines is 1. The Balaban J connectivity index is 1.49. The fourth-order valence-corrected chi connectivity index (χ4v) is 4.78. The molecule has 26 heavy (non-hydrogen) atoms. The highest BCUT2D eigenvalue weighted by Crippen LogP contribution is 2.36. The number of thiazole rings is 1. The van der Waals surface area contributed by atoms with E-state index in [0.717, 1.165) is 47.0 Å². The van der Waals surface area contributed by atoms with Crippen LogP contribution >= 0.6 is 11.3 Å². The van der Waals surface area contributed by atoms with Crippen molar-refractivity contribution in [3.05, 3.63) is 40.7 Å². The normalized spacial score (nSPS) is 17.9. The number of carbonyl (C=O) groups excluding carboxylic acids is 1. The highest BCUT2D eigenvalue weighted by Gasteiger charge is 2.30. The van der Waals surface area contributed by atoms with Crippen molar-refractivity contribution in [3.8, 4) is 0 Å². The summed E-state index contributed by atoms with van der Waals surface area (Å²) in [5, 5.41) is 8.52. The van der Waals surface area contributed by atoms with E-state index in [9.17, 15) is 4.79 Å². The number of para-hydroxylation sites is 1. The predicted octanol–water partition coefficient (Wildman–Crippen LogP) is 3.42. The molecule has 0 saturated carbocycles. The summed E-state index contributed by atoms with van der Waals surface area (Å²) in [6, 6.07) is 8.45. The Morgan fingerprint density at radius 1 is 1.35 bits per heavy atom. The van der Waals surface area contributed by atoms with Gasteiger partial charge in [0.25, 0.3) is 0 Å². The van der Waals surface area contributed by atoms with Crippen molar-refractivity contribution in [2.45, 2.75) is 32.7 Å². The minimum absolute atomic E-state index is 0.0113. The molecule has 1 aliphatic rings. The zero-order valence-corrected chi connectivity index (χ0v) is 16.1. The summed E-state index contributed by atoms with van der Waals surface area (Å²) in [5.41, 5.74) is 3.70. The topological polar surface area (TPSA) is 63.1 Å². The zero-order valence-electron chi connectivity index (χ0n) is 15.3. The van der Waals surface area contributed by atoms with E-state index in [0.29, 0.717) is 6.54 Å². The van der Waals surface area contributed by atoms with Gasteiger partial charge in [-0.1, -0.05) is 12.1 Å². The Morgan fingerprint density at radius 3 is 2.88 bits per heavy atom. The van der Waals surface area contributed by atoms with Crippen LogP contribution in [0.15, 0.2) is 24.3 Å². The molecule has 136 valence electrons. The third-order valence-electron chi connectivity index (χ3n) is 5.08. The van der Waals surface area contributed by atoms with Gasteiger partial charge in [-0.05, 0) is 45.4 Å². The molecule has 3 aromatic rings. The monoisotopic (exact) mass is 369 g/mol. The van der Waals surface area contributed by atoms with Gasteiger partial charge < -0.3 is 5.32 Å². The highest BCUT2D eigenvalue weighted by molar-refractivity contribution is 7.18. The quantitative estimate of drug-likeness (QED) is 0.765. The molecule has 1 aromatic carbocycles. The SMILES string of the molecule is Cc1nn(C)c(C)c1NC(=O)CN1CCCC1c1nc2ccccc2s1. The summed E-state index contributed by atoms with van der Waals surface area (Å²) in [6.45, 7) is 5.20. The van der Waals surface area contributed by atoms with E-state index in [1.54, 1.807) is 16.0 Å². The second-order valence-corrected chi connectivity index (χ2v) is 7.93. The molecular weight excluding hydrogens is 346 g/mol. The van der Waals surface area contributed by atoms with Gasteiger partial charge in [0, 0.05) is 7.05 Å². The van der Waals surface area contributed by atoms with Crippen LogP contribution < -0.4 is 5.32 Å². The maximum Gasteiger partial charge on any atom is 0.238 e. The number of nitrogens with one attached hydrogen (secondary N) is 1. The number of rotatable bonds is 4. The van der Waals surface area contributed by atoms with E-state index < -0.39 is 0 Å². The van der Waals surface area contributed by atoms with Crippen molar-refractivity contribution in [1.82, 2.24) is 19.7 Å². The molecular formula is C19H23N5OS. The van der Waals surface area contributed by atoms with Crippen LogP contribution in [-0.4, -0.2) is 38.7 Å². The Bertz CT molecular complexity index is 927. The molecule has 4 rings (SSSR count). The van der Waals surface area contributed by atoms with Gasteiger partial charge in [-0.15, -0.1) is 11.3 Å². The molecule has 6 nitrogen and oxygen atoms in total. The summed E-state index contributed by atoms with van der Waals surface area (Å²) >= 11 is 1.74. The molecule has 1 N–H and O–H groups in total. The van der Waals surface area contributed by atoms with Gasteiger partial charge in [-0.3, -0.25) is 14.4 Å². The van der Waals surface area contributed by atoms with Crippen molar-refractivity contribution in [1.29, 1.82) is 0 Å². The molecule has 0 bridgehead atoms. The lowest BCUT2D eigenvalue weighted by Crippen LogP contribution is -2.33. The predicted molar refractivity (Wildman–Crippen MR) is 104 cm³/mol.